The maximum Gasteiger partial charge on any atom is 0.335 e. The molecule has 1 aliphatic heterocycles. The number of halogens is 1. The van der Waals surface area contributed by atoms with Gasteiger partial charge in [-0.15, -0.1) is 0 Å². The largest absolute Gasteiger partial charge is 0.478 e. The highest BCUT2D eigenvalue weighted by molar-refractivity contribution is 9.10. The molecule has 0 bridgehead atoms. The second kappa shape index (κ2) is 3.09. The van der Waals surface area contributed by atoms with Crippen LogP contribution in [-0.2, 0) is 11.2 Å². The predicted octanol–water partition coefficient (Wildman–Crippen LogP) is 1.64. The Hall–Kier alpha value is -1.36. The molecule has 2 rings (SSSR count). The fourth-order valence-electron chi connectivity index (χ4n) is 1.42. The van der Waals surface area contributed by atoms with E-state index in [0.29, 0.717) is 10.2 Å². The van der Waals surface area contributed by atoms with Gasteiger partial charge in [-0.3, -0.25) is 4.79 Å². The van der Waals surface area contributed by atoms with Crippen molar-refractivity contribution in [2.75, 3.05) is 5.32 Å². The summed E-state index contributed by atoms with van der Waals surface area (Å²) >= 11 is 3.22. The molecule has 1 aromatic rings. The van der Waals surface area contributed by atoms with Crippen LogP contribution in [0.2, 0.25) is 0 Å². The second-order valence-electron chi connectivity index (χ2n) is 3.02. The molecule has 0 fully saturated rings. The number of anilines is 1. The quantitative estimate of drug-likeness (QED) is 0.802. The van der Waals surface area contributed by atoms with Crippen LogP contribution in [-0.4, -0.2) is 17.0 Å². The third-order valence-corrected chi connectivity index (χ3v) is 2.66. The van der Waals surface area contributed by atoms with E-state index in [1.54, 1.807) is 0 Å². The number of carbonyl (C=O) groups excluding carboxylic acids is 1. The van der Waals surface area contributed by atoms with Crippen molar-refractivity contribution in [1.82, 2.24) is 0 Å². The van der Waals surface area contributed by atoms with Crippen LogP contribution in [0.1, 0.15) is 15.9 Å². The maximum absolute atomic E-state index is 11.1. The Kier molecular flexibility index (Phi) is 2.03. The minimum Gasteiger partial charge on any atom is -0.478 e. The molecule has 0 spiro atoms. The summed E-state index contributed by atoms with van der Waals surface area (Å²) in [7, 11) is 0. The molecule has 0 radical (unpaired) electrons. The molecule has 5 heteroatoms. The van der Waals surface area contributed by atoms with Crippen LogP contribution >= 0.6 is 15.9 Å². The van der Waals surface area contributed by atoms with Crippen molar-refractivity contribution in [1.29, 1.82) is 0 Å². The van der Waals surface area contributed by atoms with E-state index < -0.39 is 5.97 Å². The first-order chi connectivity index (χ1) is 6.58. The number of carboxylic acids is 1. The second-order valence-corrected chi connectivity index (χ2v) is 3.88. The molecule has 72 valence electrons. The summed E-state index contributed by atoms with van der Waals surface area (Å²) in [5.74, 6) is -1.10. The molecule has 0 aromatic heterocycles. The smallest absolute Gasteiger partial charge is 0.335 e. The summed E-state index contributed by atoms with van der Waals surface area (Å²) in [5.41, 5.74) is 1.59. The minimum absolute atomic E-state index is 0.108. The minimum atomic E-state index is -0.993. The Labute approximate surface area is 88.1 Å². The zero-order valence-corrected chi connectivity index (χ0v) is 8.59. The van der Waals surface area contributed by atoms with Crippen LogP contribution in [0.3, 0.4) is 0 Å². The van der Waals surface area contributed by atoms with Crippen molar-refractivity contribution in [2.45, 2.75) is 6.42 Å². The van der Waals surface area contributed by atoms with Gasteiger partial charge in [0.25, 0.3) is 0 Å². The van der Waals surface area contributed by atoms with Crippen molar-refractivity contribution < 1.29 is 14.7 Å². The zero-order chi connectivity index (χ0) is 10.3. The predicted molar refractivity (Wildman–Crippen MR) is 53.4 cm³/mol. The molecule has 14 heavy (non-hydrogen) atoms. The van der Waals surface area contributed by atoms with E-state index in [-0.39, 0.29) is 17.9 Å². The molecule has 1 heterocycles. The van der Waals surface area contributed by atoms with Gasteiger partial charge >= 0.3 is 5.97 Å². The van der Waals surface area contributed by atoms with Crippen LogP contribution in [0.15, 0.2) is 16.6 Å². The first-order valence-electron chi connectivity index (χ1n) is 3.93. The van der Waals surface area contributed by atoms with Crippen molar-refractivity contribution in [3.8, 4) is 0 Å². The van der Waals surface area contributed by atoms with Gasteiger partial charge < -0.3 is 10.4 Å². The molecule has 2 N–H and O–H groups in total. The Bertz CT molecular complexity index is 442. The highest BCUT2D eigenvalue weighted by atomic mass is 79.9. The molecule has 0 saturated heterocycles. The molecule has 0 saturated carbocycles. The standard InChI is InChI=1S/C9H6BrNO3/c10-6-2-5(9(13)14)1-4-3-7(12)11-8(4)6/h1-2H,3H2,(H,11,12)(H,13,14). The summed E-state index contributed by atoms with van der Waals surface area (Å²) in [6, 6.07) is 2.99. The van der Waals surface area contributed by atoms with Gasteiger partial charge in [-0.1, -0.05) is 0 Å². The fourth-order valence-corrected chi connectivity index (χ4v) is 2.02. The number of hydrogen-bond donors (Lipinski definition) is 2. The summed E-state index contributed by atoms with van der Waals surface area (Å²) in [6.07, 6.45) is 0.245. The van der Waals surface area contributed by atoms with E-state index in [9.17, 15) is 9.59 Å². The van der Waals surface area contributed by atoms with Gasteiger partial charge in [-0.25, -0.2) is 4.79 Å². The van der Waals surface area contributed by atoms with Crippen LogP contribution < -0.4 is 5.32 Å². The average molecular weight is 256 g/mol. The lowest BCUT2D eigenvalue weighted by Gasteiger charge is -2.03. The van der Waals surface area contributed by atoms with E-state index in [1.807, 2.05) is 0 Å². The fraction of sp³-hybridized carbons (Fsp3) is 0.111. The van der Waals surface area contributed by atoms with Gasteiger partial charge in [-0.05, 0) is 33.6 Å². The number of benzene rings is 1. The molecule has 1 aliphatic rings. The first kappa shape index (κ1) is 9.21. The lowest BCUT2D eigenvalue weighted by Crippen LogP contribution is -2.03. The monoisotopic (exact) mass is 255 g/mol. The van der Waals surface area contributed by atoms with Crippen molar-refractivity contribution in [3.63, 3.8) is 0 Å². The number of rotatable bonds is 1. The average Bonchev–Trinajstić information content (AvgIpc) is 2.45. The third kappa shape index (κ3) is 1.39. The normalized spacial score (nSPS) is 13.6. The molecule has 0 aliphatic carbocycles. The van der Waals surface area contributed by atoms with Crippen molar-refractivity contribution >= 4 is 33.5 Å². The summed E-state index contributed by atoms with van der Waals surface area (Å²) in [5, 5.41) is 11.4. The molecular formula is C9H6BrNO3. The number of nitrogens with one attached hydrogen (secondary N) is 1. The Morgan fingerprint density at radius 1 is 1.50 bits per heavy atom. The molecule has 1 amide bonds. The van der Waals surface area contributed by atoms with Gasteiger partial charge in [0.15, 0.2) is 0 Å². The van der Waals surface area contributed by atoms with Gasteiger partial charge in [0.2, 0.25) is 5.91 Å². The summed E-state index contributed by atoms with van der Waals surface area (Å²) < 4.78 is 0.609. The maximum atomic E-state index is 11.1. The number of amides is 1. The topological polar surface area (TPSA) is 66.4 Å². The molecule has 0 unspecified atom stereocenters. The van der Waals surface area contributed by atoms with Gasteiger partial charge in [0.05, 0.1) is 17.7 Å². The molecule has 1 aromatic carbocycles. The van der Waals surface area contributed by atoms with Gasteiger partial charge in [0, 0.05) is 4.47 Å². The highest BCUT2D eigenvalue weighted by Crippen LogP contribution is 2.32. The van der Waals surface area contributed by atoms with E-state index in [0.717, 1.165) is 5.56 Å². The molecular weight excluding hydrogens is 250 g/mol. The lowest BCUT2D eigenvalue weighted by molar-refractivity contribution is -0.115. The summed E-state index contributed by atoms with van der Waals surface area (Å²) in [6.45, 7) is 0. The van der Waals surface area contributed by atoms with Gasteiger partial charge in [-0.2, -0.15) is 0 Å². The number of fused-ring (bicyclic) bond motifs is 1. The van der Waals surface area contributed by atoms with E-state index >= 15 is 0 Å². The van der Waals surface area contributed by atoms with E-state index in [4.69, 9.17) is 5.11 Å². The number of aromatic carboxylic acids is 1. The zero-order valence-electron chi connectivity index (χ0n) is 7.00. The lowest BCUT2D eigenvalue weighted by atomic mass is 10.1. The van der Waals surface area contributed by atoms with Crippen LogP contribution in [0.25, 0.3) is 0 Å². The SMILES string of the molecule is O=C1Cc2cc(C(=O)O)cc(Br)c2N1. The van der Waals surface area contributed by atoms with E-state index in [2.05, 4.69) is 21.2 Å². The van der Waals surface area contributed by atoms with Crippen LogP contribution in [0.5, 0.6) is 0 Å². The third-order valence-electron chi connectivity index (χ3n) is 2.03. The van der Waals surface area contributed by atoms with Crippen LogP contribution in [0.4, 0.5) is 5.69 Å². The van der Waals surface area contributed by atoms with Gasteiger partial charge in [0.1, 0.15) is 0 Å². The number of carbonyl (C=O) groups is 2. The van der Waals surface area contributed by atoms with Crippen molar-refractivity contribution in [2.24, 2.45) is 0 Å². The highest BCUT2D eigenvalue weighted by Gasteiger charge is 2.21. The Morgan fingerprint density at radius 2 is 2.21 bits per heavy atom. The number of carboxylic acid groups (broad SMARTS) is 1. The molecule has 4 nitrogen and oxygen atoms in total. The first-order valence-corrected chi connectivity index (χ1v) is 4.73. The Balaban J connectivity index is 2.56. The Morgan fingerprint density at radius 3 is 2.86 bits per heavy atom. The van der Waals surface area contributed by atoms with Crippen molar-refractivity contribution in [3.05, 3.63) is 27.7 Å². The number of hydrogen-bond acceptors (Lipinski definition) is 2. The van der Waals surface area contributed by atoms with Crippen LogP contribution in [0, 0.1) is 0 Å². The molecule has 0 atom stereocenters. The summed E-state index contributed by atoms with van der Waals surface area (Å²) in [4.78, 5) is 21.8. The van der Waals surface area contributed by atoms with E-state index in [1.165, 1.54) is 12.1 Å².